The molecule has 3 fully saturated rings. The summed E-state index contributed by atoms with van der Waals surface area (Å²) in [6, 6.07) is 3.46. The number of hydrogen-bond acceptors (Lipinski definition) is 8. The molecule has 1 heterocycles. The largest absolute Gasteiger partial charge is 0.497 e. The van der Waals surface area contributed by atoms with Crippen molar-refractivity contribution in [2.45, 2.75) is 143 Å². The molecule has 1 saturated heterocycles. The minimum atomic E-state index is -1.28. The van der Waals surface area contributed by atoms with Gasteiger partial charge in [0.1, 0.15) is 30.0 Å². The van der Waals surface area contributed by atoms with Crippen LogP contribution in [0.5, 0.6) is 5.75 Å². The standard InChI is InChI=1S/C38H57N5O8.C2H6/c1-23(2)27-17-20-43(29(27)33(46)40-28(21-24-11-12-24)30(44)32(39)45)34(47)31(37(3,4)5)41-36(49)42-38(18-9-7-8-10-19-38)35(48)51-22-25-13-15-26(50-6)16-14-25;1-2/h13-16,23-24,27-29,31H,7-12,17-22H2,1-6H3,(H2,39,45)(H,40,46)(H2,41,42,49);1-2H3. The Hall–Kier alpha value is -4.16. The molecule has 0 aromatic heterocycles. The van der Waals surface area contributed by atoms with E-state index in [4.69, 9.17) is 15.2 Å². The Labute approximate surface area is 315 Å². The Morgan fingerprint density at radius 2 is 1.53 bits per heavy atom. The summed E-state index contributed by atoms with van der Waals surface area (Å²) in [4.78, 5) is 82.0. The molecule has 3 aliphatic rings. The number of Topliss-reactive ketones (excluding diaryl/α,β-unsaturated/α-hetero) is 1. The Morgan fingerprint density at radius 1 is 0.925 bits per heavy atom. The molecule has 53 heavy (non-hydrogen) atoms. The molecule has 13 nitrogen and oxygen atoms in total. The molecule has 1 aliphatic heterocycles. The van der Waals surface area contributed by atoms with E-state index in [9.17, 15) is 28.8 Å². The van der Waals surface area contributed by atoms with Gasteiger partial charge in [0, 0.05) is 6.54 Å². The normalized spacial score (nSPS) is 20.8. The highest BCUT2D eigenvalue weighted by molar-refractivity contribution is 6.37. The summed E-state index contributed by atoms with van der Waals surface area (Å²) < 4.78 is 11.0. The summed E-state index contributed by atoms with van der Waals surface area (Å²) in [6.45, 7) is 13.7. The van der Waals surface area contributed by atoms with Crippen molar-refractivity contribution < 1.29 is 38.2 Å². The molecule has 1 aromatic carbocycles. The van der Waals surface area contributed by atoms with Crippen LogP contribution in [0.15, 0.2) is 24.3 Å². The molecule has 0 spiro atoms. The second kappa shape index (κ2) is 19.3. The van der Waals surface area contributed by atoms with Crippen LogP contribution in [0.2, 0.25) is 0 Å². The van der Waals surface area contributed by atoms with Crippen molar-refractivity contribution in [2.24, 2.45) is 28.9 Å². The first-order valence-corrected chi connectivity index (χ1v) is 19.4. The summed E-state index contributed by atoms with van der Waals surface area (Å²) in [5, 5.41) is 8.57. The van der Waals surface area contributed by atoms with Crippen LogP contribution in [0, 0.1) is 23.2 Å². The van der Waals surface area contributed by atoms with Crippen molar-refractivity contribution >= 4 is 35.5 Å². The number of urea groups is 1. The molecular formula is C40H63N5O8. The number of nitrogens with two attached hydrogens (primary N) is 1. The van der Waals surface area contributed by atoms with E-state index in [0.717, 1.165) is 44.1 Å². The van der Waals surface area contributed by atoms with Crippen molar-refractivity contribution in [1.82, 2.24) is 20.9 Å². The first-order valence-electron chi connectivity index (χ1n) is 19.4. The molecule has 4 atom stereocenters. The van der Waals surface area contributed by atoms with Crippen LogP contribution < -0.4 is 26.4 Å². The van der Waals surface area contributed by atoms with Gasteiger partial charge in [0.15, 0.2) is 0 Å². The van der Waals surface area contributed by atoms with Gasteiger partial charge in [-0.25, -0.2) is 9.59 Å². The van der Waals surface area contributed by atoms with Gasteiger partial charge in [0.2, 0.25) is 17.6 Å². The van der Waals surface area contributed by atoms with Crippen LogP contribution in [0.4, 0.5) is 4.79 Å². The lowest BCUT2D eigenvalue weighted by molar-refractivity contribution is -0.153. The molecule has 5 N–H and O–H groups in total. The number of ketones is 1. The summed E-state index contributed by atoms with van der Waals surface area (Å²) in [5.41, 5.74) is 4.03. The summed E-state index contributed by atoms with van der Waals surface area (Å²) in [5.74, 6) is -2.75. The molecule has 1 aromatic rings. The number of carbonyl (C=O) groups is 6. The van der Waals surface area contributed by atoms with E-state index in [-0.39, 0.29) is 30.9 Å². The van der Waals surface area contributed by atoms with E-state index >= 15 is 0 Å². The quantitative estimate of drug-likeness (QED) is 0.119. The van der Waals surface area contributed by atoms with Gasteiger partial charge in [0.05, 0.1) is 13.2 Å². The lowest BCUT2D eigenvalue weighted by Gasteiger charge is -2.38. The number of nitrogens with one attached hydrogen (secondary N) is 3. The maximum Gasteiger partial charge on any atom is 0.332 e. The van der Waals surface area contributed by atoms with E-state index in [0.29, 0.717) is 31.4 Å². The zero-order valence-corrected chi connectivity index (χ0v) is 33.0. The van der Waals surface area contributed by atoms with E-state index in [1.165, 1.54) is 4.90 Å². The van der Waals surface area contributed by atoms with Gasteiger partial charge in [-0.15, -0.1) is 0 Å². The molecule has 296 valence electrons. The number of likely N-dealkylation sites (tertiary alicyclic amines) is 1. The lowest BCUT2D eigenvalue weighted by Crippen LogP contribution is -2.64. The van der Waals surface area contributed by atoms with Gasteiger partial charge >= 0.3 is 12.0 Å². The third-order valence-corrected chi connectivity index (χ3v) is 10.6. The van der Waals surface area contributed by atoms with Crippen LogP contribution in [0.3, 0.4) is 0 Å². The third-order valence-electron chi connectivity index (χ3n) is 10.6. The van der Waals surface area contributed by atoms with Gasteiger partial charge in [-0.3, -0.25) is 19.2 Å². The van der Waals surface area contributed by atoms with Gasteiger partial charge in [-0.2, -0.15) is 0 Å². The number of rotatable bonds is 14. The predicted octanol–water partition coefficient (Wildman–Crippen LogP) is 4.78. The second-order valence-corrected chi connectivity index (χ2v) is 16.0. The molecular weight excluding hydrogens is 678 g/mol. The summed E-state index contributed by atoms with van der Waals surface area (Å²) >= 11 is 0. The Kier molecular flexibility index (Phi) is 15.7. The fourth-order valence-electron chi connectivity index (χ4n) is 7.36. The SMILES string of the molecule is CC.COc1ccc(COC(=O)C2(NC(=O)NC(C(=O)N3CCC(C(C)C)C3C(=O)NC(CC3CC3)C(=O)C(N)=O)C(C)(C)C)CCCCCC2)cc1. The Morgan fingerprint density at radius 3 is 2.04 bits per heavy atom. The second-order valence-electron chi connectivity index (χ2n) is 16.0. The highest BCUT2D eigenvalue weighted by Crippen LogP contribution is 2.36. The van der Waals surface area contributed by atoms with Gasteiger partial charge < -0.3 is 36.1 Å². The van der Waals surface area contributed by atoms with Crippen molar-refractivity contribution in [3.05, 3.63) is 29.8 Å². The van der Waals surface area contributed by atoms with E-state index in [1.807, 2.05) is 60.6 Å². The fourth-order valence-corrected chi connectivity index (χ4v) is 7.36. The van der Waals surface area contributed by atoms with Crippen LogP contribution in [0.25, 0.3) is 0 Å². The van der Waals surface area contributed by atoms with Gasteiger partial charge in [0.25, 0.3) is 5.91 Å². The van der Waals surface area contributed by atoms with Crippen LogP contribution in [-0.2, 0) is 35.3 Å². The maximum absolute atomic E-state index is 14.5. The number of primary amides is 1. The molecule has 13 heteroatoms. The van der Waals surface area contributed by atoms with Crippen molar-refractivity contribution in [2.75, 3.05) is 13.7 Å². The fraction of sp³-hybridized carbons (Fsp3) is 0.700. The van der Waals surface area contributed by atoms with E-state index in [2.05, 4.69) is 16.0 Å². The molecule has 2 saturated carbocycles. The Balaban J connectivity index is 0.00000372. The number of nitrogens with zero attached hydrogens (tertiary/aromatic N) is 1. The Bertz CT molecular complexity index is 1430. The zero-order chi connectivity index (χ0) is 39.5. The number of methoxy groups -OCH3 is 1. The minimum absolute atomic E-state index is 0.0237. The highest BCUT2D eigenvalue weighted by atomic mass is 16.5. The number of amides is 5. The predicted molar refractivity (Wildman–Crippen MR) is 201 cm³/mol. The average Bonchev–Trinajstić information content (AvgIpc) is 3.88. The third kappa shape index (κ3) is 11.7. The number of hydrogen-bond donors (Lipinski definition) is 4. The van der Waals surface area contributed by atoms with Crippen LogP contribution >= 0.6 is 0 Å². The topological polar surface area (TPSA) is 186 Å². The molecule has 4 rings (SSSR count). The first-order chi connectivity index (χ1) is 25.1. The molecule has 5 amide bonds. The highest BCUT2D eigenvalue weighted by Gasteiger charge is 2.49. The van der Waals surface area contributed by atoms with Crippen molar-refractivity contribution in [1.29, 1.82) is 0 Å². The van der Waals surface area contributed by atoms with Crippen LogP contribution in [-0.4, -0.2) is 77.7 Å². The van der Waals surface area contributed by atoms with E-state index < -0.39 is 64.6 Å². The summed E-state index contributed by atoms with van der Waals surface area (Å²) in [7, 11) is 1.57. The van der Waals surface area contributed by atoms with Gasteiger partial charge in [-0.05, 0) is 66.5 Å². The number of benzene rings is 1. The molecule has 2 aliphatic carbocycles. The number of ether oxygens (including phenoxy) is 2. The monoisotopic (exact) mass is 741 g/mol. The minimum Gasteiger partial charge on any atom is -0.497 e. The van der Waals surface area contributed by atoms with Gasteiger partial charge in [-0.1, -0.05) is 99.1 Å². The molecule has 0 radical (unpaired) electrons. The van der Waals surface area contributed by atoms with Crippen LogP contribution in [0.1, 0.15) is 118 Å². The lowest BCUT2D eigenvalue weighted by atomic mass is 9.84. The van der Waals surface area contributed by atoms with Crippen molar-refractivity contribution in [3.8, 4) is 5.75 Å². The number of carbonyl (C=O) groups excluding carboxylic acids is 6. The summed E-state index contributed by atoms with van der Waals surface area (Å²) in [6.07, 6.45) is 6.75. The first kappa shape index (κ1) is 43.2. The maximum atomic E-state index is 14.5. The zero-order valence-electron chi connectivity index (χ0n) is 33.0. The molecule has 0 bridgehead atoms. The molecule has 4 unspecified atom stereocenters. The smallest absolute Gasteiger partial charge is 0.332 e. The van der Waals surface area contributed by atoms with E-state index in [1.54, 1.807) is 19.2 Å². The van der Waals surface area contributed by atoms with Crippen molar-refractivity contribution in [3.63, 3.8) is 0 Å². The number of esters is 1. The average molecular weight is 742 g/mol.